The predicted molar refractivity (Wildman–Crippen MR) is 105 cm³/mol. The second-order valence-corrected chi connectivity index (χ2v) is 6.50. The van der Waals surface area contributed by atoms with E-state index in [2.05, 4.69) is 25.4 Å². The highest BCUT2D eigenvalue weighted by Gasteiger charge is 2.14. The van der Waals surface area contributed by atoms with E-state index >= 15 is 0 Å². The van der Waals surface area contributed by atoms with Crippen molar-refractivity contribution >= 4 is 16.8 Å². The summed E-state index contributed by atoms with van der Waals surface area (Å²) in [5.41, 5.74) is 4.73. The van der Waals surface area contributed by atoms with Crippen molar-refractivity contribution in [3.63, 3.8) is 0 Å². The van der Waals surface area contributed by atoms with Gasteiger partial charge in [0.25, 0.3) is 5.91 Å². The van der Waals surface area contributed by atoms with Gasteiger partial charge in [0.05, 0.1) is 11.2 Å². The van der Waals surface area contributed by atoms with E-state index in [4.69, 9.17) is 4.52 Å². The first-order valence-corrected chi connectivity index (χ1v) is 8.98. The number of carbonyl (C=O) groups excluding carboxylic acids is 1. The van der Waals surface area contributed by atoms with Gasteiger partial charge in [-0.1, -0.05) is 11.2 Å². The SMILES string of the molecule is Cc1noc(C)c1CCNC(=O)c1cc(-c2cccnc2)c2cnccc2n1. The number of carbonyl (C=O) groups is 1. The Kier molecular flexibility index (Phi) is 4.80. The maximum Gasteiger partial charge on any atom is 0.269 e. The molecule has 1 N–H and O–H groups in total. The fraction of sp³-hybridized carbons (Fsp3) is 0.190. The third kappa shape index (κ3) is 3.46. The third-order valence-corrected chi connectivity index (χ3v) is 4.66. The Balaban J connectivity index is 1.60. The van der Waals surface area contributed by atoms with Crippen LogP contribution in [0, 0.1) is 13.8 Å². The molecule has 7 nitrogen and oxygen atoms in total. The zero-order chi connectivity index (χ0) is 19.5. The summed E-state index contributed by atoms with van der Waals surface area (Å²) in [4.78, 5) is 25.6. The minimum Gasteiger partial charge on any atom is -0.361 e. The molecule has 1 amide bonds. The second-order valence-electron chi connectivity index (χ2n) is 6.50. The summed E-state index contributed by atoms with van der Waals surface area (Å²) < 4.78 is 5.16. The van der Waals surface area contributed by atoms with Crippen LogP contribution >= 0.6 is 0 Å². The number of aryl methyl sites for hydroxylation is 2. The molecule has 0 unspecified atom stereocenters. The van der Waals surface area contributed by atoms with Crippen molar-refractivity contribution < 1.29 is 9.32 Å². The number of hydrogen-bond donors (Lipinski definition) is 1. The molecule has 0 aromatic carbocycles. The zero-order valence-corrected chi connectivity index (χ0v) is 15.6. The van der Waals surface area contributed by atoms with Gasteiger partial charge in [0.15, 0.2) is 0 Å². The highest BCUT2D eigenvalue weighted by atomic mass is 16.5. The molecule has 0 aliphatic heterocycles. The van der Waals surface area contributed by atoms with E-state index in [-0.39, 0.29) is 5.91 Å². The molecule has 0 aliphatic carbocycles. The lowest BCUT2D eigenvalue weighted by Crippen LogP contribution is -2.26. The molecule has 7 heteroatoms. The number of pyridine rings is 3. The molecular formula is C21H19N5O2. The lowest BCUT2D eigenvalue weighted by molar-refractivity contribution is 0.0949. The van der Waals surface area contributed by atoms with Crippen LogP contribution in [0.4, 0.5) is 0 Å². The van der Waals surface area contributed by atoms with Crippen molar-refractivity contribution in [2.75, 3.05) is 6.54 Å². The molecule has 0 saturated heterocycles. The maximum absolute atomic E-state index is 12.7. The summed E-state index contributed by atoms with van der Waals surface area (Å²) >= 11 is 0. The Morgan fingerprint density at radius 1 is 1.14 bits per heavy atom. The molecule has 4 aromatic heterocycles. The average molecular weight is 373 g/mol. The standard InChI is InChI=1S/C21H19N5O2/c1-13-16(14(2)28-26-13)5-9-24-21(27)20-10-17(15-4-3-7-22-11-15)18-12-23-8-6-19(18)25-20/h3-4,6-8,10-12H,5,9H2,1-2H3,(H,24,27). The number of nitrogens with zero attached hydrogens (tertiary/aromatic N) is 4. The van der Waals surface area contributed by atoms with Crippen LogP contribution in [0.2, 0.25) is 0 Å². The Morgan fingerprint density at radius 2 is 2.00 bits per heavy atom. The van der Waals surface area contributed by atoms with Crippen LogP contribution in [0.3, 0.4) is 0 Å². The Morgan fingerprint density at radius 3 is 2.75 bits per heavy atom. The quantitative estimate of drug-likeness (QED) is 0.577. The fourth-order valence-electron chi connectivity index (χ4n) is 3.20. The second kappa shape index (κ2) is 7.56. The van der Waals surface area contributed by atoms with E-state index in [9.17, 15) is 4.79 Å². The van der Waals surface area contributed by atoms with Gasteiger partial charge in [-0.15, -0.1) is 0 Å². The van der Waals surface area contributed by atoms with Gasteiger partial charge in [0.1, 0.15) is 11.5 Å². The zero-order valence-electron chi connectivity index (χ0n) is 15.6. The average Bonchev–Trinajstić information content (AvgIpc) is 3.05. The maximum atomic E-state index is 12.7. The van der Waals surface area contributed by atoms with Gasteiger partial charge in [-0.25, -0.2) is 4.98 Å². The molecular weight excluding hydrogens is 354 g/mol. The Hall–Kier alpha value is -3.61. The highest BCUT2D eigenvalue weighted by molar-refractivity contribution is 6.00. The number of rotatable bonds is 5. The van der Waals surface area contributed by atoms with E-state index in [0.717, 1.165) is 33.5 Å². The minimum absolute atomic E-state index is 0.226. The van der Waals surface area contributed by atoms with Crippen LogP contribution in [-0.2, 0) is 6.42 Å². The summed E-state index contributed by atoms with van der Waals surface area (Å²) in [6.07, 6.45) is 7.56. The number of hydrogen-bond acceptors (Lipinski definition) is 6. The van der Waals surface area contributed by atoms with Crippen LogP contribution in [0.1, 0.15) is 27.5 Å². The van der Waals surface area contributed by atoms with E-state index < -0.39 is 0 Å². The molecule has 0 fully saturated rings. The molecule has 0 atom stereocenters. The number of fused-ring (bicyclic) bond motifs is 1. The van der Waals surface area contributed by atoms with Crippen LogP contribution in [0.5, 0.6) is 0 Å². The molecule has 28 heavy (non-hydrogen) atoms. The lowest BCUT2D eigenvalue weighted by atomic mass is 10.0. The lowest BCUT2D eigenvalue weighted by Gasteiger charge is -2.10. The number of aromatic nitrogens is 4. The van der Waals surface area contributed by atoms with E-state index in [1.165, 1.54) is 0 Å². The first-order valence-electron chi connectivity index (χ1n) is 8.98. The molecule has 4 rings (SSSR count). The fourth-order valence-corrected chi connectivity index (χ4v) is 3.20. The molecule has 0 saturated carbocycles. The molecule has 4 heterocycles. The smallest absolute Gasteiger partial charge is 0.269 e. The predicted octanol–water partition coefficient (Wildman–Crippen LogP) is 3.27. The van der Waals surface area contributed by atoms with Crippen molar-refractivity contribution in [1.29, 1.82) is 0 Å². The highest BCUT2D eigenvalue weighted by Crippen LogP contribution is 2.27. The normalized spacial score (nSPS) is 10.9. The van der Waals surface area contributed by atoms with E-state index in [1.807, 2.05) is 26.0 Å². The molecule has 0 spiro atoms. The largest absolute Gasteiger partial charge is 0.361 e. The van der Waals surface area contributed by atoms with E-state index in [0.29, 0.717) is 24.2 Å². The molecule has 0 bridgehead atoms. The van der Waals surface area contributed by atoms with Gasteiger partial charge in [0.2, 0.25) is 0 Å². The van der Waals surface area contributed by atoms with Gasteiger partial charge in [-0.2, -0.15) is 0 Å². The van der Waals surface area contributed by atoms with Gasteiger partial charge in [-0.3, -0.25) is 14.8 Å². The first kappa shape index (κ1) is 17.8. The topological polar surface area (TPSA) is 93.8 Å². The van der Waals surface area contributed by atoms with Crippen LogP contribution < -0.4 is 5.32 Å². The van der Waals surface area contributed by atoms with Crippen molar-refractivity contribution in [3.05, 3.63) is 71.8 Å². The van der Waals surface area contributed by atoms with Crippen LogP contribution in [0.15, 0.2) is 53.6 Å². The minimum atomic E-state index is -0.226. The Labute approximate surface area is 161 Å². The summed E-state index contributed by atoms with van der Waals surface area (Å²) in [6.45, 7) is 4.24. The first-order chi connectivity index (χ1) is 13.6. The monoisotopic (exact) mass is 373 g/mol. The van der Waals surface area contributed by atoms with Crippen LogP contribution in [-0.4, -0.2) is 32.6 Å². The summed E-state index contributed by atoms with van der Waals surface area (Å²) in [6, 6.07) is 7.40. The van der Waals surface area contributed by atoms with Gasteiger partial charge in [0, 0.05) is 47.8 Å². The summed E-state index contributed by atoms with van der Waals surface area (Å²) in [5, 5.41) is 7.75. The summed E-state index contributed by atoms with van der Waals surface area (Å²) in [5.74, 6) is 0.553. The van der Waals surface area contributed by atoms with Crippen LogP contribution in [0.25, 0.3) is 22.0 Å². The van der Waals surface area contributed by atoms with Crippen molar-refractivity contribution in [1.82, 2.24) is 25.4 Å². The van der Waals surface area contributed by atoms with E-state index in [1.54, 1.807) is 36.9 Å². The molecule has 0 radical (unpaired) electrons. The number of amides is 1. The van der Waals surface area contributed by atoms with Gasteiger partial charge >= 0.3 is 0 Å². The summed E-state index contributed by atoms with van der Waals surface area (Å²) in [7, 11) is 0. The van der Waals surface area contributed by atoms with Crippen molar-refractivity contribution in [2.24, 2.45) is 0 Å². The molecule has 4 aromatic rings. The molecule has 140 valence electrons. The van der Waals surface area contributed by atoms with Crippen molar-refractivity contribution in [3.8, 4) is 11.1 Å². The van der Waals surface area contributed by atoms with Gasteiger partial charge in [-0.05, 0) is 44.0 Å². The van der Waals surface area contributed by atoms with Gasteiger partial charge < -0.3 is 9.84 Å². The number of nitrogens with one attached hydrogen (secondary N) is 1. The van der Waals surface area contributed by atoms with Crippen molar-refractivity contribution in [2.45, 2.75) is 20.3 Å². The Bertz CT molecular complexity index is 1120. The third-order valence-electron chi connectivity index (χ3n) is 4.66. The molecule has 0 aliphatic rings.